The third kappa shape index (κ3) is 2.27. The smallest absolute Gasteiger partial charge is 0.343 e. The van der Waals surface area contributed by atoms with Crippen LogP contribution in [-0.2, 0) is 9.53 Å². The first-order valence-corrected chi connectivity index (χ1v) is 6.61. The molecular formula is C14H15NO7. The minimum absolute atomic E-state index is 0.227. The molecule has 2 heterocycles. The predicted octanol–water partition coefficient (Wildman–Crippen LogP) is -1.13. The van der Waals surface area contributed by atoms with Crippen molar-refractivity contribution >= 4 is 16.9 Å². The van der Waals surface area contributed by atoms with Gasteiger partial charge in [-0.05, 0) is 12.1 Å². The third-order valence-electron chi connectivity index (χ3n) is 3.65. The SMILES string of the molecule is O=C(Oc1c[nH]c2ccccc12)[C@@H]1O[C@@](O)(CO)[C@H](O)[C@H]1O. The number of carbonyl (C=O) groups is 1. The third-order valence-corrected chi connectivity index (χ3v) is 3.65. The first kappa shape index (κ1) is 14.9. The average Bonchev–Trinajstić information content (AvgIpc) is 3.03. The molecular weight excluding hydrogens is 294 g/mol. The van der Waals surface area contributed by atoms with E-state index >= 15 is 0 Å². The predicted molar refractivity (Wildman–Crippen MR) is 72.9 cm³/mol. The van der Waals surface area contributed by atoms with Gasteiger partial charge in [-0.1, -0.05) is 12.1 Å². The molecule has 0 bridgehead atoms. The van der Waals surface area contributed by atoms with Crippen molar-refractivity contribution in [2.75, 3.05) is 6.61 Å². The van der Waals surface area contributed by atoms with Gasteiger partial charge in [0.05, 0.1) is 6.61 Å². The molecule has 0 saturated carbocycles. The quantitative estimate of drug-likeness (QED) is 0.453. The highest BCUT2D eigenvalue weighted by Gasteiger charge is 2.56. The number of nitrogens with one attached hydrogen (secondary N) is 1. The lowest BCUT2D eigenvalue weighted by Crippen LogP contribution is -2.46. The van der Waals surface area contributed by atoms with Crippen LogP contribution < -0.4 is 4.74 Å². The van der Waals surface area contributed by atoms with Crippen molar-refractivity contribution in [3.63, 3.8) is 0 Å². The molecule has 4 atom stereocenters. The molecule has 5 N–H and O–H groups in total. The number of benzene rings is 1. The van der Waals surface area contributed by atoms with Gasteiger partial charge in [0.25, 0.3) is 0 Å². The number of aliphatic hydroxyl groups is 4. The van der Waals surface area contributed by atoms with Crippen molar-refractivity contribution in [2.45, 2.75) is 24.1 Å². The molecule has 1 fully saturated rings. The minimum atomic E-state index is -2.40. The summed E-state index contributed by atoms with van der Waals surface area (Å²) in [6, 6.07) is 7.11. The van der Waals surface area contributed by atoms with Crippen molar-refractivity contribution in [1.82, 2.24) is 4.98 Å². The standard InChI is InChI=1S/C14H15NO7/c16-6-14(20)12(18)10(17)11(22-14)13(19)21-9-5-15-8-4-2-1-3-7(8)9/h1-5,10-12,15-18,20H,6H2/t10-,11+,12+,14-/m0/s1. The van der Waals surface area contributed by atoms with Crippen LogP contribution in [-0.4, -0.2) is 62.1 Å². The lowest BCUT2D eigenvalue weighted by Gasteiger charge is -2.22. The largest absolute Gasteiger partial charge is 0.422 e. The number of hydrogen-bond acceptors (Lipinski definition) is 7. The fourth-order valence-corrected chi connectivity index (χ4v) is 2.41. The molecule has 0 unspecified atom stereocenters. The molecule has 8 nitrogen and oxygen atoms in total. The number of carbonyl (C=O) groups excluding carboxylic acids is 1. The second-order valence-corrected chi connectivity index (χ2v) is 5.10. The first-order chi connectivity index (χ1) is 10.5. The van der Waals surface area contributed by atoms with E-state index in [2.05, 4.69) is 4.98 Å². The first-order valence-electron chi connectivity index (χ1n) is 6.61. The molecule has 1 aliphatic rings. The Hall–Kier alpha value is -1.97. The lowest BCUT2D eigenvalue weighted by molar-refractivity contribution is -0.246. The highest BCUT2D eigenvalue weighted by Crippen LogP contribution is 2.31. The normalized spacial score (nSPS) is 31.5. The van der Waals surface area contributed by atoms with Gasteiger partial charge < -0.3 is 34.9 Å². The van der Waals surface area contributed by atoms with E-state index in [1.165, 1.54) is 6.20 Å². The average molecular weight is 309 g/mol. The van der Waals surface area contributed by atoms with Crippen LogP contribution in [0.5, 0.6) is 5.75 Å². The van der Waals surface area contributed by atoms with E-state index in [9.17, 15) is 20.1 Å². The fourth-order valence-electron chi connectivity index (χ4n) is 2.41. The molecule has 1 aromatic carbocycles. The molecule has 8 heteroatoms. The minimum Gasteiger partial charge on any atom is -0.422 e. The molecule has 3 rings (SSSR count). The number of fused-ring (bicyclic) bond motifs is 1. The van der Waals surface area contributed by atoms with E-state index in [0.717, 1.165) is 5.52 Å². The number of aromatic nitrogens is 1. The van der Waals surface area contributed by atoms with Crippen LogP contribution in [0.2, 0.25) is 0 Å². The summed E-state index contributed by atoms with van der Waals surface area (Å²) in [4.78, 5) is 15.0. The van der Waals surface area contributed by atoms with Crippen LogP contribution >= 0.6 is 0 Å². The molecule has 0 radical (unpaired) electrons. The summed E-state index contributed by atoms with van der Waals surface area (Å²) >= 11 is 0. The van der Waals surface area contributed by atoms with Crippen LogP contribution in [0.3, 0.4) is 0 Å². The molecule has 1 saturated heterocycles. The van der Waals surface area contributed by atoms with Crippen LogP contribution in [0.1, 0.15) is 0 Å². The Morgan fingerprint density at radius 2 is 2.09 bits per heavy atom. The van der Waals surface area contributed by atoms with Crippen LogP contribution in [0.4, 0.5) is 0 Å². The fraction of sp³-hybridized carbons (Fsp3) is 0.357. The highest BCUT2D eigenvalue weighted by atomic mass is 16.7. The molecule has 0 aliphatic carbocycles. The Balaban J connectivity index is 1.80. The number of para-hydroxylation sites is 1. The lowest BCUT2D eigenvalue weighted by atomic mass is 10.1. The summed E-state index contributed by atoms with van der Waals surface area (Å²) in [5, 5.41) is 38.8. The summed E-state index contributed by atoms with van der Waals surface area (Å²) in [6.45, 7) is -0.970. The van der Waals surface area contributed by atoms with Gasteiger partial charge in [0.2, 0.25) is 5.79 Å². The summed E-state index contributed by atoms with van der Waals surface area (Å²) in [5.74, 6) is -3.16. The molecule has 1 aromatic heterocycles. The van der Waals surface area contributed by atoms with Gasteiger partial charge in [-0.25, -0.2) is 4.79 Å². The van der Waals surface area contributed by atoms with Crippen LogP contribution in [0.15, 0.2) is 30.5 Å². The van der Waals surface area contributed by atoms with Crippen molar-refractivity contribution < 1.29 is 34.7 Å². The van der Waals surface area contributed by atoms with Gasteiger partial charge in [0.15, 0.2) is 11.9 Å². The van der Waals surface area contributed by atoms with Gasteiger partial charge in [-0.2, -0.15) is 0 Å². The number of aliphatic hydroxyl groups excluding tert-OH is 3. The van der Waals surface area contributed by atoms with Gasteiger partial charge in [-0.15, -0.1) is 0 Å². The van der Waals surface area contributed by atoms with E-state index in [-0.39, 0.29) is 5.75 Å². The molecule has 22 heavy (non-hydrogen) atoms. The van der Waals surface area contributed by atoms with Gasteiger partial charge in [-0.3, -0.25) is 0 Å². The molecule has 0 spiro atoms. The van der Waals surface area contributed by atoms with Crippen molar-refractivity contribution in [3.8, 4) is 5.75 Å². The zero-order valence-electron chi connectivity index (χ0n) is 11.3. The van der Waals surface area contributed by atoms with Crippen molar-refractivity contribution in [3.05, 3.63) is 30.5 Å². The highest BCUT2D eigenvalue weighted by molar-refractivity contribution is 5.89. The second-order valence-electron chi connectivity index (χ2n) is 5.10. The Labute approximate surface area is 124 Å². The van der Waals surface area contributed by atoms with E-state index in [4.69, 9.17) is 14.6 Å². The van der Waals surface area contributed by atoms with Crippen molar-refractivity contribution in [2.24, 2.45) is 0 Å². The summed E-state index contributed by atoms with van der Waals surface area (Å²) in [5.41, 5.74) is 0.755. The molecule has 0 amide bonds. The monoisotopic (exact) mass is 309 g/mol. The van der Waals surface area contributed by atoms with Gasteiger partial charge in [0.1, 0.15) is 12.2 Å². The van der Waals surface area contributed by atoms with E-state index in [1.807, 2.05) is 6.07 Å². The number of hydrogen-bond donors (Lipinski definition) is 5. The summed E-state index contributed by atoms with van der Waals surface area (Å²) in [6.07, 6.45) is -3.67. The zero-order chi connectivity index (χ0) is 15.9. The molecule has 1 aliphatic heterocycles. The van der Waals surface area contributed by atoms with E-state index in [1.54, 1.807) is 18.2 Å². The zero-order valence-corrected chi connectivity index (χ0v) is 11.3. The number of aromatic amines is 1. The van der Waals surface area contributed by atoms with E-state index in [0.29, 0.717) is 5.39 Å². The Morgan fingerprint density at radius 3 is 2.77 bits per heavy atom. The topological polar surface area (TPSA) is 132 Å². The van der Waals surface area contributed by atoms with Crippen LogP contribution in [0.25, 0.3) is 10.9 Å². The van der Waals surface area contributed by atoms with E-state index < -0.39 is 36.7 Å². The summed E-state index contributed by atoms with van der Waals surface area (Å²) in [7, 11) is 0. The van der Waals surface area contributed by atoms with Gasteiger partial charge in [0, 0.05) is 17.1 Å². The Kier molecular flexibility index (Phi) is 3.63. The van der Waals surface area contributed by atoms with Crippen molar-refractivity contribution in [1.29, 1.82) is 0 Å². The summed E-state index contributed by atoms with van der Waals surface area (Å²) < 4.78 is 10.0. The number of ether oxygens (including phenoxy) is 2. The molecule has 118 valence electrons. The number of esters is 1. The maximum absolute atomic E-state index is 12.1. The van der Waals surface area contributed by atoms with Crippen LogP contribution in [0, 0.1) is 0 Å². The second kappa shape index (κ2) is 5.34. The maximum atomic E-state index is 12.1. The molecule has 2 aromatic rings. The number of H-pyrrole nitrogens is 1. The Morgan fingerprint density at radius 1 is 1.36 bits per heavy atom. The maximum Gasteiger partial charge on any atom is 0.343 e. The Bertz CT molecular complexity index is 699. The number of rotatable bonds is 3. The van der Waals surface area contributed by atoms with Gasteiger partial charge >= 0.3 is 5.97 Å².